The van der Waals surface area contributed by atoms with Gasteiger partial charge in [0.1, 0.15) is 12.4 Å². The van der Waals surface area contributed by atoms with E-state index in [4.69, 9.17) is 21.4 Å². The second-order valence-electron chi connectivity index (χ2n) is 7.16. The monoisotopic (exact) mass is 460 g/mol. The summed E-state index contributed by atoms with van der Waals surface area (Å²) in [5, 5.41) is 9.48. The Kier molecular flexibility index (Phi) is 7.26. The molecule has 0 aromatic heterocycles. The second kappa shape index (κ2) is 9.92. The Morgan fingerprint density at radius 2 is 1.81 bits per heavy atom. The van der Waals surface area contributed by atoms with Crippen molar-refractivity contribution in [2.45, 2.75) is 19.5 Å². The van der Waals surface area contributed by atoms with E-state index in [0.29, 0.717) is 21.9 Å². The molecule has 0 aliphatic heterocycles. The van der Waals surface area contributed by atoms with E-state index in [1.54, 1.807) is 24.3 Å². The van der Waals surface area contributed by atoms with Gasteiger partial charge in [-0.15, -0.1) is 0 Å². The number of alkyl halides is 3. The van der Waals surface area contributed by atoms with Gasteiger partial charge >= 0.3 is 12.1 Å². The maximum Gasteiger partial charge on any atom is 0.416 e. The van der Waals surface area contributed by atoms with Crippen LogP contribution in [0.1, 0.15) is 22.3 Å². The number of benzene rings is 3. The molecule has 0 amide bonds. The van der Waals surface area contributed by atoms with Crippen LogP contribution in [0.5, 0.6) is 5.75 Å². The molecule has 0 saturated heterocycles. The van der Waals surface area contributed by atoms with Crippen LogP contribution in [0.15, 0.2) is 66.7 Å². The first-order chi connectivity index (χ1) is 15.1. The van der Waals surface area contributed by atoms with E-state index in [9.17, 15) is 18.0 Å². The normalized spacial score (nSPS) is 11.7. The maximum absolute atomic E-state index is 12.6. The number of carbonyl (C=O) groups is 1. The predicted molar refractivity (Wildman–Crippen MR) is 119 cm³/mol. The first-order valence-electron chi connectivity index (χ1n) is 9.72. The minimum absolute atomic E-state index is 0.170. The summed E-state index contributed by atoms with van der Waals surface area (Å²) in [6.07, 6.45) is -1.14. The molecule has 32 heavy (non-hydrogen) atoms. The molecule has 0 radical (unpaired) electrons. The van der Waals surface area contributed by atoms with Gasteiger partial charge in [-0.3, -0.25) is 4.79 Å². The van der Waals surface area contributed by atoms with Crippen LogP contribution in [0.2, 0.25) is 5.02 Å². The molecule has 3 aromatic rings. The summed E-state index contributed by atoms with van der Waals surface area (Å²) in [7, 11) is 0. The molecule has 0 unspecified atom stereocenters. The van der Waals surface area contributed by atoms with Crippen molar-refractivity contribution in [2.75, 3.05) is 6.61 Å². The van der Waals surface area contributed by atoms with E-state index in [2.05, 4.69) is 0 Å². The Bertz CT molecular complexity index is 1140. The zero-order valence-corrected chi connectivity index (χ0v) is 17.9. The summed E-state index contributed by atoms with van der Waals surface area (Å²) in [6, 6.07) is 15.7. The Balaban J connectivity index is 1.71. The van der Waals surface area contributed by atoms with Crippen LogP contribution in [0, 0.1) is 6.92 Å². The van der Waals surface area contributed by atoms with Crippen molar-refractivity contribution in [3.05, 3.63) is 94.0 Å². The highest BCUT2D eigenvalue weighted by Crippen LogP contribution is 2.35. The van der Waals surface area contributed by atoms with Gasteiger partial charge < -0.3 is 9.84 Å². The molecule has 0 fully saturated rings. The summed E-state index contributed by atoms with van der Waals surface area (Å²) in [5.74, 6) is -0.378. The minimum atomic E-state index is -4.36. The number of hydrogen-bond donors (Lipinski definition) is 1. The Labute approximate surface area is 188 Å². The molecule has 0 heterocycles. The molecule has 7 heteroatoms. The van der Waals surface area contributed by atoms with Crippen molar-refractivity contribution in [1.82, 2.24) is 0 Å². The third-order valence-corrected chi connectivity index (χ3v) is 5.22. The smallest absolute Gasteiger partial charge is 0.416 e. The van der Waals surface area contributed by atoms with Crippen LogP contribution in [0.4, 0.5) is 13.2 Å². The lowest BCUT2D eigenvalue weighted by atomic mass is 9.96. The van der Waals surface area contributed by atoms with Crippen LogP contribution in [-0.4, -0.2) is 17.7 Å². The standard InChI is InChI=1S/C25H20ClF3O3/c1-16-7-10-19(15-22(30)31)24(26)23(16)18-5-2-6-21(14-18)32-13-3-4-17-8-11-20(12-9-17)25(27,28)29/h2-12,14H,13,15H2,1H3,(H,30,31). The number of ether oxygens (including phenoxy) is 1. The number of rotatable bonds is 7. The molecule has 0 atom stereocenters. The van der Waals surface area contributed by atoms with Crippen molar-refractivity contribution >= 4 is 23.6 Å². The summed E-state index contributed by atoms with van der Waals surface area (Å²) in [5.41, 5.74) is 2.92. The Morgan fingerprint density at radius 3 is 2.47 bits per heavy atom. The fraction of sp³-hybridized carbons (Fsp3) is 0.160. The van der Waals surface area contributed by atoms with E-state index in [1.165, 1.54) is 12.1 Å². The molecule has 0 spiro atoms. The number of aliphatic carboxylic acids is 1. The summed E-state index contributed by atoms with van der Waals surface area (Å²) in [4.78, 5) is 11.1. The number of hydrogen-bond acceptors (Lipinski definition) is 2. The molecule has 0 bridgehead atoms. The SMILES string of the molecule is Cc1ccc(CC(=O)O)c(Cl)c1-c1cccc(OCC=Cc2ccc(C(F)(F)F)cc2)c1. The first-order valence-corrected chi connectivity index (χ1v) is 10.1. The molecular formula is C25H20ClF3O3. The van der Waals surface area contributed by atoms with Gasteiger partial charge in [0.2, 0.25) is 0 Å². The van der Waals surface area contributed by atoms with Crippen molar-refractivity contribution < 1.29 is 27.8 Å². The highest BCUT2D eigenvalue weighted by Gasteiger charge is 2.29. The first kappa shape index (κ1) is 23.4. The third-order valence-electron chi connectivity index (χ3n) is 4.79. The molecule has 3 aromatic carbocycles. The van der Waals surface area contributed by atoms with Gasteiger partial charge in [-0.2, -0.15) is 13.2 Å². The van der Waals surface area contributed by atoms with Gasteiger partial charge in [0.25, 0.3) is 0 Å². The van der Waals surface area contributed by atoms with Gasteiger partial charge in [0.15, 0.2) is 0 Å². The van der Waals surface area contributed by atoms with Crippen LogP contribution in [0.25, 0.3) is 17.2 Å². The predicted octanol–water partition coefficient (Wildman–Crippen LogP) is 7.05. The van der Waals surface area contributed by atoms with E-state index < -0.39 is 17.7 Å². The summed E-state index contributed by atoms with van der Waals surface area (Å²) >= 11 is 6.49. The average molecular weight is 461 g/mol. The maximum atomic E-state index is 12.6. The zero-order valence-electron chi connectivity index (χ0n) is 17.1. The summed E-state index contributed by atoms with van der Waals surface area (Å²) in [6.45, 7) is 2.11. The highest BCUT2D eigenvalue weighted by atomic mass is 35.5. The van der Waals surface area contributed by atoms with Gasteiger partial charge in [-0.1, -0.05) is 54.1 Å². The fourth-order valence-electron chi connectivity index (χ4n) is 3.22. The average Bonchev–Trinajstić information content (AvgIpc) is 2.73. The second-order valence-corrected chi connectivity index (χ2v) is 7.54. The van der Waals surface area contributed by atoms with Crippen LogP contribution in [0.3, 0.4) is 0 Å². The number of carboxylic acids is 1. The molecule has 3 rings (SSSR count). The third kappa shape index (κ3) is 5.92. The quantitative estimate of drug-likeness (QED) is 0.410. The van der Waals surface area contributed by atoms with Crippen molar-refractivity contribution in [3.63, 3.8) is 0 Å². The van der Waals surface area contributed by atoms with Gasteiger partial charge in [-0.25, -0.2) is 0 Å². The van der Waals surface area contributed by atoms with Gasteiger partial charge in [0.05, 0.1) is 17.0 Å². The number of halogens is 4. The fourth-order valence-corrected chi connectivity index (χ4v) is 3.61. The lowest BCUT2D eigenvalue weighted by molar-refractivity contribution is -0.138. The van der Waals surface area contributed by atoms with E-state index in [-0.39, 0.29) is 13.0 Å². The molecule has 1 N–H and O–H groups in total. The topological polar surface area (TPSA) is 46.5 Å². The molecular weight excluding hydrogens is 441 g/mol. The van der Waals surface area contributed by atoms with E-state index in [0.717, 1.165) is 28.8 Å². The minimum Gasteiger partial charge on any atom is -0.490 e. The Morgan fingerprint density at radius 1 is 1.09 bits per heavy atom. The van der Waals surface area contributed by atoms with Crippen LogP contribution >= 0.6 is 11.6 Å². The molecule has 0 aliphatic rings. The van der Waals surface area contributed by atoms with E-state index >= 15 is 0 Å². The van der Waals surface area contributed by atoms with Gasteiger partial charge in [-0.05, 0) is 59.5 Å². The largest absolute Gasteiger partial charge is 0.490 e. The van der Waals surface area contributed by atoms with Gasteiger partial charge in [0, 0.05) is 5.56 Å². The highest BCUT2D eigenvalue weighted by molar-refractivity contribution is 6.34. The van der Waals surface area contributed by atoms with Crippen LogP contribution < -0.4 is 4.74 Å². The molecule has 0 aliphatic carbocycles. The molecule has 3 nitrogen and oxygen atoms in total. The van der Waals surface area contributed by atoms with Crippen LogP contribution in [-0.2, 0) is 17.4 Å². The molecule has 0 saturated carbocycles. The van der Waals surface area contributed by atoms with E-state index in [1.807, 2.05) is 31.2 Å². The van der Waals surface area contributed by atoms with Crippen molar-refractivity contribution in [2.24, 2.45) is 0 Å². The zero-order chi connectivity index (χ0) is 23.3. The number of carboxylic acid groups (broad SMARTS) is 1. The van der Waals surface area contributed by atoms with Crippen molar-refractivity contribution in [3.8, 4) is 16.9 Å². The summed E-state index contributed by atoms with van der Waals surface area (Å²) < 4.78 is 43.6. The van der Waals surface area contributed by atoms with Crippen molar-refractivity contribution in [1.29, 1.82) is 0 Å². The number of aryl methyl sites for hydroxylation is 1. The molecule has 166 valence electrons. The Hall–Kier alpha value is -3.25. The lowest BCUT2D eigenvalue weighted by Crippen LogP contribution is -2.03. The lowest BCUT2D eigenvalue weighted by Gasteiger charge is -2.13.